The molecule has 122 valence electrons. The highest BCUT2D eigenvalue weighted by atomic mass is 32.1. The van der Waals surface area contributed by atoms with E-state index < -0.39 is 0 Å². The van der Waals surface area contributed by atoms with Gasteiger partial charge in [0.15, 0.2) is 0 Å². The summed E-state index contributed by atoms with van der Waals surface area (Å²) < 4.78 is 4.95. The predicted molar refractivity (Wildman–Crippen MR) is 111 cm³/mol. The molecule has 3 heterocycles. The Morgan fingerprint density at radius 1 is 0.615 bits per heavy atom. The van der Waals surface area contributed by atoms with Crippen LogP contribution in [0, 0.1) is 0 Å². The molecule has 0 spiro atoms. The Labute approximate surface area is 153 Å². The van der Waals surface area contributed by atoms with Crippen LogP contribution < -0.4 is 0 Å². The minimum absolute atomic E-state index is 0.956. The maximum atomic E-state index is 4.62. The van der Waals surface area contributed by atoms with E-state index >= 15 is 0 Å². The monoisotopic (exact) mass is 350 g/mol. The number of fused-ring (bicyclic) bond motifs is 6. The third-order valence-corrected chi connectivity index (χ3v) is 6.18. The summed E-state index contributed by atoms with van der Waals surface area (Å²) in [5.74, 6) is 0.956. The van der Waals surface area contributed by atoms with E-state index in [0.717, 1.165) is 5.82 Å². The zero-order chi connectivity index (χ0) is 17.1. The highest BCUT2D eigenvalue weighted by Gasteiger charge is 2.15. The molecule has 0 unspecified atom stereocenters. The molecular weight excluding hydrogens is 336 g/mol. The van der Waals surface area contributed by atoms with E-state index in [1.54, 1.807) is 0 Å². The third-order valence-electron chi connectivity index (χ3n) is 5.05. The van der Waals surface area contributed by atoms with Gasteiger partial charge >= 0.3 is 0 Å². The number of benzene rings is 3. The Balaban J connectivity index is 1.86. The quantitative estimate of drug-likeness (QED) is 0.329. The molecule has 0 atom stereocenters. The van der Waals surface area contributed by atoms with Gasteiger partial charge in [0, 0.05) is 37.1 Å². The second kappa shape index (κ2) is 5.16. The second-order valence-electron chi connectivity index (χ2n) is 6.50. The molecule has 0 bridgehead atoms. The molecule has 2 nitrogen and oxygen atoms in total. The van der Waals surface area contributed by atoms with Crippen molar-refractivity contribution in [3.05, 3.63) is 85.1 Å². The van der Waals surface area contributed by atoms with Crippen LogP contribution in [0.5, 0.6) is 0 Å². The van der Waals surface area contributed by atoms with Crippen molar-refractivity contribution < 1.29 is 0 Å². The van der Waals surface area contributed by atoms with Crippen LogP contribution in [0.2, 0.25) is 0 Å². The number of pyridine rings is 1. The fourth-order valence-corrected chi connectivity index (χ4v) is 5.05. The highest BCUT2D eigenvalue weighted by Crippen LogP contribution is 2.40. The third kappa shape index (κ3) is 1.83. The Bertz CT molecular complexity index is 1420. The molecule has 26 heavy (non-hydrogen) atoms. The molecule has 0 radical (unpaired) electrons. The van der Waals surface area contributed by atoms with Gasteiger partial charge in [-0.15, -0.1) is 11.3 Å². The van der Waals surface area contributed by atoms with E-state index in [1.807, 2.05) is 29.7 Å². The fraction of sp³-hybridized carbons (Fsp3) is 0. The lowest BCUT2D eigenvalue weighted by Crippen LogP contribution is -1.95. The van der Waals surface area contributed by atoms with E-state index in [4.69, 9.17) is 0 Å². The maximum absolute atomic E-state index is 4.62. The van der Waals surface area contributed by atoms with Crippen LogP contribution in [0.25, 0.3) is 47.8 Å². The summed E-state index contributed by atoms with van der Waals surface area (Å²) in [6.07, 6.45) is 1.86. The summed E-state index contributed by atoms with van der Waals surface area (Å²) >= 11 is 1.87. The number of aromatic nitrogens is 2. The minimum Gasteiger partial charge on any atom is -0.294 e. The zero-order valence-corrected chi connectivity index (χ0v) is 14.7. The Hall–Kier alpha value is -3.17. The van der Waals surface area contributed by atoms with Crippen molar-refractivity contribution in [2.75, 3.05) is 0 Å². The first kappa shape index (κ1) is 14.0. The van der Waals surface area contributed by atoms with Crippen LogP contribution in [0.4, 0.5) is 0 Å². The van der Waals surface area contributed by atoms with Crippen LogP contribution in [0.15, 0.2) is 85.1 Å². The summed E-state index contributed by atoms with van der Waals surface area (Å²) in [4.78, 5) is 4.62. The topological polar surface area (TPSA) is 17.8 Å². The maximum Gasteiger partial charge on any atom is 0.137 e. The Morgan fingerprint density at radius 3 is 2.31 bits per heavy atom. The normalized spacial score (nSPS) is 11.8. The molecule has 3 aromatic heterocycles. The number of thiophene rings is 1. The molecule has 0 saturated carbocycles. The molecule has 0 N–H and O–H groups in total. The second-order valence-corrected chi connectivity index (χ2v) is 7.59. The summed E-state index contributed by atoms with van der Waals surface area (Å²) in [7, 11) is 0. The zero-order valence-electron chi connectivity index (χ0n) is 13.9. The molecule has 0 aliphatic rings. The van der Waals surface area contributed by atoms with Crippen LogP contribution in [0.1, 0.15) is 0 Å². The van der Waals surface area contributed by atoms with Gasteiger partial charge in [0.05, 0.1) is 11.0 Å². The molecule has 3 heteroatoms. The van der Waals surface area contributed by atoms with Crippen molar-refractivity contribution in [2.24, 2.45) is 0 Å². The van der Waals surface area contributed by atoms with Crippen molar-refractivity contribution in [2.45, 2.75) is 0 Å². The summed E-state index contributed by atoms with van der Waals surface area (Å²) in [6, 6.07) is 28.0. The lowest BCUT2D eigenvalue weighted by atomic mass is 10.1. The summed E-state index contributed by atoms with van der Waals surface area (Å²) in [5.41, 5.74) is 2.41. The largest absolute Gasteiger partial charge is 0.294 e. The van der Waals surface area contributed by atoms with E-state index in [-0.39, 0.29) is 0 Å². The van der Waals surface area contributed by atoms with Gasteiger partial charge in [0.2, 0.25) is 0 Å². The van der Waals surface area contributed by atoms with Crippen LogP contribution >= 0.6 is 11.3 Å². The minimum atomic E-state index is 0.956. The number of para-hydroxylation sites is 1. The molecule has 0 amide bonds. The van der Waals surface area contributed by atoms with Gasteiger partial charge in [-0.2, -0.15) is 0 Å². The lowest BCUT2D eigenvalue weighted by Gasteiger charge is -2.06. The first-order chi connectivity index (χ1) is 12.9. The Morgan fingerprint density at radius 2 is 1.42 bits per heavy atom. The van der Waals surface area contributed by atoms with Crippen molar-refractivity contribution in [1.82, 2.24) is 9.55 Å². The lowest BCUT2D eigenvalue weighted by molar-refractivity contribution is 1.08. The average molecular weight is 350 g/mol. The molecule has 6 aromatic rings. The number of hydrogen-bond acceptors (Lipinski definition) is 2. The van der Waals surface area contributed by atoms with Crippen molar-refractivity contribution in [3.8, 4) is 5.82 Å². The fourth-order valence-electron chi connectivity index (χ4n) is 3.92. The van der Waals surface area contributed by atoms with Crippen LogP contribution in [-0.2, 0) is 0 Å². The van der Waals surface area contributed by atoms with Gasteiger partial charge in [-0.05, 0) is 36.4 Å². The first-order valence-corrected chi connectivity index (χ1v) is 9.48. The molecule has 6 rings (SSSR count). The van der Waals surface area contributed by atoms with Gasteiger partial charge in [-0.3, -0.25) is 4.57 Å². The van der Waals surface area contributed by atoms with E-state index in [1.165, 1.54) is 42.0 Å². The standard InChI is InChI=1S/C23H14N2S/c1-3-9-19-15(7-1)17-14-22-18(16-8-2-4-10-21(16)26-22)13-20(17)25(19)23-11-5-6-12-24-23/h1-14H. The smallest absolute Gasteiger partial charge is 0.137 e. The van der Waals surface area contributed by atoms with Gasteiger partial charge < -0.3 is 0 Å². The van der Waals surface area contributed by atoms with Gasteiger partial charge in [-0.25, -0.2) is 4.98 Å². The molecule has 0 saturated heterocycles. The molecule has 3 aromatic carbocycles. The Kier molecular flexibility index (Phi) is 2.79. The molecular formula is C23H14N2S. The highest BCUT2D eigenvalue weighted by molar-refractivity contribution is 7.25. The molecule has 0 fully saturated rings. The van der Waals surface area contributed by atoms with Crippen LogP contribution in [-0.4, -0.2) is 9.55 Å². The van der Waals surface area contributed by atoms with Gasteiger partial charge in [0.1, 0.15) is 5.82 Å². The van der Waals surface area contributed by atoms with Gasteiger partial charge in [-0.1, -0.05) is 42.5 Å². The van der Waals surface area contributed by atoms with Crippen LogP contribution in [0.3, 0.4) is 0 Å². The van der Waals surface area contributed by atoms with Crippen molar-refractivity contribution >= 4 is 53.3 Å². The average Bonchev–Trinajstić information content (AvgIpc) is 3.22. The summed E-state index contributed by atoms with van der Waals surface area (Å²) in [5, 5.41) is 5.20. The van der Waals surface area contributed by atoms with E-state index in [2.05, 4.69) is 76.3 Å². The number of hydrogen-bond donors (Lipinski definition) is 0. The number of rotatable bonds is 1. The van der Waals surface area contributed by atoms with E-state index in [9.17, 15) is 0 Å². The summed E-state index contributed by atoms with van der Waals surface area (Å²) in [6.45, 7) is 0. The van der Waals surface area contributed by atoms with Crippen molar-refractivity contribution in [1.29, 1.82) is 0 Å². The van der Waals surface area contributed by atoms with E-state index in [0.29, 0.717) is 0 Å². The predicted octanol–water partition coefficient (Wildman–Crippen LogP) is 6.55. The molecule has 0 aliphatic heterocycles. The SMILES string of the molecule is c1ccc(-n2c3ccccc3c3cc4sc5ccccc5c4cc32)nc1. The van der Waals surface area contributed by atoms with Gasteiger partial charge in [0.25, 0.3) is 0 Å². The first-order valence-electron chi connectivity index (χ1n) is 8.66. The number of nitrogens with zero attached hydrogens (tertiary/aromatic N) is 2. The molecule has 0 aliphatic carbocycles. The van der Waals surface area contributed by atoms with Crippen molar-refractivity contribution in [3.63, 3.8) is 0 Å².